The standard InChI is InChI=1S/C17H16N4O/c1-11-10-18-14-8-7-13(22)9-15(14)21-16(11)19-20-17(21)12-5-3-2-4-6-12/h2-9,11,18,22H,10H2,1H3/t11-/m0/s1. The maximum absolute atomic E-state index is 9.89. The second-order valence-corrected chi connectivity index (χ2v) is 5.57. The molecule has 1 aromatic heterocycles. The molecule has 1 aliphatic heterocycles. The Balaban J connectivity index is 2.01. The van der Waals surface area contributed by atoms with E-state index in [1.165, 1.54) is 0 Å². The van der Waals surface area contributed by atoms with Crippen molar-refractivity contribution in [2.75, 3.05) is 11.9 Å². The van der Waals surface area contributed by atoms with Crippen molar-refractivity contribution >= 4 is 5.69 Å². The molecule has 0 fully saturated rings. The largest absolute Gasteiger partial charge is 0.508 e. The lowest BCUT2D eigenvalue weighted by molar-refractivity contribution is 0.475. The first kappa shape index (κ1) is 12.9. The van der Waals surface area contributed by atoms with Crippen LogP contribution in [0, 0.1) is 0 Å². The summed E-state index contributed by atoms with van der Waals surface area (Å²) < 4.78 is 2.04. The molecule has 0 amide bonds. The van der Waals surface area contributed by atoms with Gasteiger partial charge in [-0.3, -0.25) is 4.57 Å². The Morgan fingerprint density at radius 3 is 2.77 bits per heavy atom. The molecular formula is C17H16N4O. The Morgan fingerprint density at radius 1 is 1.14 bits per heavy atom. The topological polar surface area (TPSA) is 63.0 Å². The minimum atomic E-state index is 0.222. The fourth-order valence-corrected chi connectivity index (χ4v) is 2.84. The Labute approximate surface area is 128 Å². The minimum Gasteiger partial charge on any atom is -0.508 e. The number of phenols is 1. The van der Waals surface area contributed by atoms with Crippen molar-refractivity contribution in [1.29, 1.82) is 0 Å². The van der Waals surface area contributed by atoms with E-state index >= 15 is 0 Å². The number of fused-ring (bicyclic) bond motifs is 3. The van der Waals surface area contributed by atoms with Crippen molar-refractivity contribution in [2.24, 2.45) is 0 Å². The number of hydrogen-bond donors (Lipinski definition) is 2. The molecule has 1 atom stereocenters. The van der Waals surface area contributed by atoms with E-state index in [2.05, 4.69) is 22.4 Å². The molecule has 5 heteroatoms. The molecule has 0 unspecified atom stereocenters. The average molecular weight is 292 g/mol. The first-order valence-corrected chi connectivity index (χ1v) is 7.32. The molecule has 110 valence electrons. The average Bonchev–Trinajstić information content (AvgIpc) is 2.94. The van der Waals surface area contributed by atoms with E-state index < -0.39 is 0 Å². The third-order valence-electron chi connectivity index (χ3n) is 3.98. The van der Waals surface area contributed by atoms with Crippen molar-refractivity contribution in [2.45, 2.75) is 12.8 Å². The van der Waals surface area contributed by atoms with Gasteiger partial charge in [-0.25, -0.2) is 0 Å². The van der Waals surface area contributed by atoms with Crippen LogP contribution in [0.25, 0.3) is 17.1 Å². The van der Waals surface area contributed by atoms with Crippen molar-refractivity contribution in [3.63, 3.8) is 0 Å². The molecule has 5 nitrogen and oxygen atoms in total. The number of rotatable bonds is 1. The monoisotopic (exact) mass is 292 g/mol. The number of benzene rings is 2. The molecule has 2 N–H and O–H groups in total. The fourth-order valence-electron chi connectivity index (χ4n) is 2.84. The van der Waals surface area contributed by atoms with Crippen molar-refractivity contribution in [1.82, 2.24) is 14.8 Å². The summed E-state index contributed by atoms with van der Waals surface area (Å²) in [6, 6.07) is 15.3. The van der Waals surface area contributed by atoms with Gasteiger partial charge in [-0.2, -0.15) is 0 Å². The van der Waals surface area contributed by atoms with E-state index in [1.807, 2.05) is 41.0 Å². The Morgan fingerprint density at radius 2 is 1.95 bits per heavy atom. The third kappa shape index (κ3) is 1.94. The highest BCUT2D eigenvalue weighted by Gasteiger charge is 2.25. The van der Waals surface area contributed by atoms with Crippen LogP contribution in [0.4, 0.5) is 5.69 Å². The van der Waals surface area contributed by atoms with E-state index in [1.54, 1.807) is 12.1 Å². The van der Waals surface area contributed by atoms with Gasteiger partial charge in [-0.1, -0.05) is 37.3 Å². The van der Waals surface area contributed by atoms with Crippen LogP contribution in [0.2, 0.25) is 0 Å². The number of nitrogens with zero attached hydrogens (tertiary/aromatic N) is 3. The highest BCUT2D eigenvalue weighted by Crippen LogP contribution is 2.34. The van der Waals surface area contributed by atoms with Crippen molar-refractivity contribution in [3.8, 4) is 22.8 Å². The van der Waals surface area contributed by atoms with Gasteiger partial charge in [-0.05, 0) is 12.1 Å². The second-order valence-electron chi connectivity index (χ2n) is 5.57. The molecule has 1 aliphatic rings. The molecule has 4 rings (SSSR count). The van der Waals surface area contributed by atoms with Gasteiger partial charge in [0, 0.05) is 24.1 Å². The first-order chi connectivity index (χ1) is 10.7. The normalized spacial score (nSPS) is 16.3. The fraction of sp³-hybridized carbons (Fsp3) is 0.176. The van der Waals surface area contributed by atoms with Crippen LogP contribution >= 0.6 is 0 Å². The summed E-state index contributed by atoms with van der Waals surface area (Å²) in [5.41, 5.74) is 2.85. The SMILES string of the molecule is C[C@H]1CNc2ccc(O)cc2-n2c(-c3ccccc3)nnc21. The predicted molar refractivity (Wildman–Crippen MR) is 85.4 cm³/mol. The van der Waals surface area contributed by atoms with E-state index in [4.69, 9.17) is 0 Å². The number of phenolic OH excluding ortho intramolecular Hbond substituents is 1. The number of aromatic nitrogens is 3. The Bertz CT molecular complexity index is 826. The maximum Gasteiger partial charge on any atom is 0.168 e. The van der Waals surface area contributed by atoms with Gasteiger partial charge in [0.2, 0.25) is 0 Å². The van der Waals surface area contributed by atoms with Gasteiger partial charge in [0.1, 0.15) is 11.6 Å². The Hall–Kier alpha value is -2.82. The smallest absolute Gasteiger partial charge is 0.168 e. The van der Waals surface area contributed by atoms with Crippen LogP contribution < -0.4 is 5.32 Å². The summed E-state index contributed by atoms with van der Waals surface area (Å²) in [6.45, 7) is 2.90. The summed E-state index contributed by atoms with van der Waals surface area (Å²) in [5, 5.41) is 22.1. The van der Waals surface area contributed by atoms with Crippen LogP contribution in [0.5, 0.6) is 5.75 Å². The van der Waals surface area contributed by atoms with E-state index in [9.17, 15) is 5.11 Å². The first-order valence-electron chi connectivity index (χ1n) is 7.32. The highest BCUT2D eigenvalue weighted by atomic mass is 16.3. The maximum atomic E-state index is 9.89. The number of nitrogens with one attached hydrogen (secondary N) is 1. The summed E-state index contributed by atoms with van der Waals surface area (Å²) >= 11 is 0. The molecule has 0 saturated carbocycles. The Kier molecular flexibility index (Phi) is 2.85. The summed E-state index contributed by atoms with van der Waals surface area (Å²) in [6.07, 6.45) is 0. The third-order valence-corrected chi connectivity index (χ3v) is 3.98. The molecule has 0 bridgehead atoms. The molecule has 2 heterocycles. The number of hydrogen-bond acceptors (Lipinski definition) is 4. The number of anilines is 1. The molecule has 0 spiro atoms. The molecule has 0 aliphatic carbocycles. The molecular weight excluding hydrogens is 276 g/mol. The molecule has 0 saturated heterocycles. The molecule has 2 aromatic carbocycles. The molecule has 0 radical (unpaired) electrons. The van der Waals surface area contributed by atoms with Crippen LogP contribution in [0.3, 0.4) is 0 Å². The zero-order valence-corrected chi connectivity index (χ0v) is 12.2. The van der Waals surface area contributed by atoms with Crippen LogP contribution in [-0.4, -0.2) is 26.4 Å². The lowest BCUT2D eigenvalue weighted by atomic mass is 10.1. The minimum absolute atomic E-state index is 0.222. The molecule has 22 heavy (non-hydrogen) atoms. The van der Waals surface area contributed by atoms with Gasteiger partial charge in [0.15, 0.2) is 5.82 Å². The quantitative estimate of drug-likeness (QED) is 0.676. The van der Waals surface area contributed by atoms with Gasteiger partial charge < -0.3 is 10.4 Å². The zero-order chi connectivity index (χ0) is 15.1. The van der Waals surface area contributed by atoms with Gasteiger partial charge in [0.25, 0.3) is 0 Å². The van der Waals surface area contributed by atoms with Crippen molar-refractivity contribution < 1.29 is 5.11 Å². The van der Waals surface area contributed by atoms with Gasteiger partial charge in [-0.15, -0.1) is 10.2 Å². The van der Waals surface area contributed by atoms with E-state index in [-0.39, 0.29) is 11.7 Å². The summed E-state index contributed by atoms with van der Waals surface area (Å²) in [7, 11) is 0. The van der Waals surface area contributed by atoms with Gasteiger partial charge in [0.05, 0.1) is 11.4 Å². The lowest BCUT2D eigenvalue weighted by Gasteiger charge is -2.12. The zero-order valence-electron chi connectivity index (χ0n) is 12.2. The number of aromatic hydroxyl groups is 1. The van der Waals surface area contributed by atoms with Crippen LogP contribution in [0.15, 0.2) is 48.5 Å². The molecule has 3 aromatic rings. The van der Waals surface area contributed by atoms with E-state index in [0.717, 1.165) is 35.1 Å². The highest BCUT2D eigenvalue weighted by molar-refractivity contribution is 5.69. The van der Waals surface area contributed by atoms with Crippen molar-refractivity contribution in [3.05, 3.63) is 54.4 Å². The second kappa shape index (κ2) is 4.87. The van der Waals surface area contributed by atoms with E-state index in [0.29, 0.717) is 0 Å². The van der Waals surface area contributed by atoms with Crippen LogP contribution in [0.1, 0.15) is 18.7 Å². The van der Waals surface area contributed by atoms with Gasteiger partial charge >= 0.3 is 0 Å². The lowest BCUT2D eigenvalue weighted by Crippen LogP contribution is -2.09. The van der Waals surface area contributed by atoms with Crippen LogP contribution in [-0.2, 0) is 0 Å². The summed E-state index contributed by atoms with van der Waals surface area (Å²) in [5.74, 6) is 2.14. The summed E-state index contributed by atoms with van der Waals surface area (Å²) in [4.78, 5) is 0. The predicted octanol–water partition coefficient (Wildman–Crippen LogP) is 3.17.